The van der Waals surface area contributed by atoms with Crippen LogP contribution in [0.1, 0.15) is 23.0 Å². The van der Waals surface area contributed by atoms with E-state index in [4.69, 9.17) is 4.42 Å². The second-order valence-corrected chi connectivity index (χ2v) is 4.85. The van der Waals surface area contributed by atoms with Crippen LogP contribution in [0.5, 0.6) is 0 Å². The Balaban J connectivity index is 1.93. The molecule has 2 heterocycles. The molecule has 0 atom stereocenters. The van der Waals surface area contributed by atoms with E-state index in [0.717, 1.165) is 12.1 Å². The van der Waals surface area contributed by atoms with E-state index in [1.165, 1.54) is 29.3 Å². The maximum atomic E-state index is 13.9. The van der Waals surface area contributed by atoms with Gasteiger partial charge in [-0.15, -0.1) is 5.10 Å². The molecule has 23 heavy (non-hydrogen) atoms. The molecule has 0 bridgehead atoms. The highest BCUT2D eigenvalue weighted by Crippen LogP contribution is 2.20. The average molecular weight is 317 g/mol. The number of aryl methyl sites for hydroxylation is 1. The quantitative estimate of drug-likeness (QED) is 0.800. The monoisotopic (exact) mass is 317 g/mol. The maximum absolute atomic E-state index is 13.9. The predicted octanol–water partition coefficient (Wildman–Crippen LogP) is 3.56. The number of amides is 1. The van der Waals surface area contributed by atoms with Gasteiger partial charge in [0.15, 0.2) is 11.6 Å². The zero-order chi connectivity index (χ0) is 16.4. The Morgan fingerprint density at radius 1 is 1.30 bits per heavy atom. The standard InChI is InChI=1S/C16H13F2N3O2/c1-2-12-8-15(19-16(22)10-5-6-23-9-10)20-21(12)14-4-3-11(17)7-13(14)18/h3-9H,2H2,1H3,(H,19,20,22). The first-order valence-electron chi connectivity index (χ1n) is 6.96. The van der Waals surface area contributed by atoms with Gasteiger partial charge in [-0.1, -0.05) is 6.92 Å². The molecule has 0 unspecified atom stereocenters. The molecular weight excluding hydrogens is 304 g/mol. The molecule has 0 radical (unpaired) electrons. The van der Waals surface area contributed by atoms with E-state index in [9.17, 15) is 13.6 Å². The number of halogens is 2. The van der Waals surface area contributed by atoms with Gasteiger partial charge in [-0.05, 0) is 24.6 Å². The first kappa shape index (κ1) is 15.0. The van der Waals surface area contributed by atoms with Gasteiger partial charge in [0.1, 0.15) is 17.8 Å². The number of carbonyl (C=O) groups is 1. The summed E-state index contributed by atoms with van der Waals surface area (Å²) in [6, 6.07) is 6.41. The Morgan fingerprint density at radius 3 is 2.78 bits per heavy atom. The number of rotatable bonds is 4. The predicted molar refractivity (Wildman–Crippen MR) is 79.5 cm³/mol. The summed E-state index contributed by atoms with van der Waals surface area (Å²) in [7, 11) is 0. The largest absolute Gasteiger partial charge is 0.472 e. The second kappa shape index (κ2) is 6.04. The minimum Gasteiger partial charge on any atom is -0.472 e. The molecule has 0 aliphatic heterocycles. The third-order valence-corrected chi connectivity index (χ3v) is 3.31. The van der Waals surface area contributed by atoms with Gasteiger partial charge in [0.25, 0.3) is 5.91 Å². The fraction of sp³-hybridized carbons (Fsp3) is 0.125. The van der Waals surface area contributed by atoms with Gasteiger partial charge in [0.05, 0.1) is 11.8 Å². The van der Waals surface area contributed by atoms with E-state index in [1.54, 1.807) is 6.07 Å². The van der Waals surface area contributed by atoms with Crippen molar-refractivity contribution in [2.24, 2.45) is 0 Å². The van der Waals surface area contributed by atoms with Gasteiger partial charge < -0.3 is 9.73 Å². The number of nitrogens with zero attached hydrogens (tertiary/aromatic N) is 2. The molecule has 1 amide bonds. The van der Waals surface area contributed by atoms with Crippen molar-refractivity contribution in [2.75, 3.05) is 5.32 Å². The van der Waals surface area contributed by atoms with Crippen molar-refractivity contribution in [3.8, 4) is 5.69 Å². The van der Waals surface area contributed by atoms with Crippen LogP contribution in [0, 0.1) is 11.6 Å². The number of aromatic nitrogens is 2. The summed E-state index contributed by atoms with van der Waals surface area (Å²) in [5.74, 6) is -1.50. The Bertz CT molecular complexity index is 841. The first-order valence-corrected chi connectivity index (χ1v) is 6.96. The number of benzene rings is 1. The summed E-state index contributed by atoms with van der Waals surface area (Å²) >= 11 is 0. The molecule has 0 aliphatic carbocycles. The topological polar surface area (TPSA) is 60.1 Å². The highest BCUT2D eigenvalue weighted by atomic mass is 19.1. The summed E-state index contributed by atoms with van der Waals surface area (Å²) in [6.45, 7) is 1.87. The summed E-state index contributed by atoms with van der Waals surface area (Å²) < 4.78 is 33.2. The fourth-order valence-corrected chi connectivity index (χ4v) is 2.18. The zero-order valence-electron chi connectivity index (χ0n) is 12.2. The summed E-state index contributed by atoms with van der Waals surface area (Å²) in [4.78, 5) is 12.0. The fourth-order valence-electron chi connectivity index (χ4n) is 2.18. The number of hydrogen-bond acceptors (Lipinski definition) is 3. The van der Waals surface area contributed by atoms with Crippen molar-refractivity contribution in [3.63, 3.8) is 0 Å². The molecule has 118 valence electrons. The van der Waals surface area contributed by atoms with Crippen LogP contribution < -0.4 is 5.32 Å². The molecular formula is C16H13F2N3O2. The van der Waals surface area contributed by atoms with Crippen molar-refractivity contribution in [1.82, 2.24) is 9.78 Å². The van der Waals surface area contributed by atoms with Gasteiger partial charge in [0, 0.05) is 17.8 Å². The van der Waals surface area contributed by atoms with Gasteiger partial charge in [-0.25, -0.2) is 13.5 Å². The summed E-state index contributed by atoms with van der Waals surface area (Å²) in [5.41, 5.74) is 1.15. The minimum absolute atomic E-state index is 0.118. The lowest BCUT2D eigenvalue weighted by Crippen LogP contribution is -2.11. The van der Waals surface area contributed by atoms with Crippen molar-refractivity contribution in [3.05, 3.63) is 65.7 Å². The average Bonchev–Trinajstić information content (AvgIpc) is 3.16. The van der Waals surface area contributed by atoms with Crippen LogP contribution in [0.2, 0.25) is 0 Å². The van der Waals surface area contributed by atoms with E-state index in [0.29, 0.717) is 17.7 Å². The van der Waals surface area contributed by atoms with Crippen LogP contribution in [-0.2, 0) is 6.42 Å². The third kappa shape index (κ3) is 2.98. The summed E-state index contributed by atoms with van der Waals surface area (Å²) in [5, 5.41) is 6.80. The molecule has 0 saturated carbocycles. The van der Waals surface area contributed by atoms with E-state index < -0.39 is 11.6 Å². The highest BCUT2D eigenvalue weighted by Gasteiger charge is 2.15. The van der Waals surface area contributed by atoms with Crippen molar-refractivity contribution < 1.29 is 18.0 Å². The molecule has 0 spiro atoms. The molecule has 0 saturated heterocycles. The van der Waals surface area contributed by atoms with Crippen molar-refractivity contribution >= 4 is 11.7 Å². The SMILES string of the molecule is CCc1cc(NC(=O)c2ccoc2)nn1-c1ccc(F)cc1F. The molecule has 1 N–H and O–H groups in total. The highest BCUT2D eigenvalue weighted by molar-refractivity contribution is 6.03. The molecule has 0 fully saturated rings. The molecule has 3 rings (SSSR count). The number of anilines is 1. The Kier molecular flexibility index (Phi) is 3.92. The second-order valence-electron chi connectivity index (χ2n) is 4.85. The zero-order valence-corrected chi connectivity index (χ0v) is 12.2. The molecule has 0 aliphatic rings. The van der Waals surface area contributed by atoms with E-state index in [-0.39, 0.29) is 17.4 Å². The van der Waals surface area contributed by atoms with Crippen LogP contribution in [-0.4, -0.2) is 15.7 Å². The Morgan fingerprint density at radius 2 is 2.13 bits per heavy atom. The number of hydrogen-bond donors (Lipinski definition) is 1. The lowest BCUT2D eigenvalue weighted by molar-refractivity contribution is 0.102. The normalized spacial score (nSPS) is 10.7. The molecule has 1 aromatic carbocycles. The molecule has 5 nitrogen and oxygen atoms in total. The van der Waals surface area contributed by atoms with Gasteiger partial charge in [-0.3, -0.25) is 4.79 Å². The Labute approximate surface area is 130 Å². The van der Waals surface area contributed by atoms with E-state index in [1.807, 2.05) is 6.92 Å². The van der Waals surface area contributed by atoms with Gasteiger partial charge in [-0.2, -0.15) is 0 Å². The van der Waals surface area contributed by atoms with E-state index in [2.05, 4.69) is 10.4 Å². The molecule has 7 heteroatoms. The smallest absolute Gasteiger partial charge is 0.260 e. The molecule has 3 aromatic rings. The lowest BCUT2D eigenvalue weighted by Gasteiger charge is -2.06. The number of furan rings is 1. The number of nitrogens with one attached hydrogen (secondary N) is 1. The number of carbonyl (C=O) groups excluding carboxylic acids is 1. The van der Waals surface area contributed by atoms with Crippen LogP contribution in [0.3, 0.4) is 0 Å². The van der Waals surface area contributed by atoms with Crippen molar-refractivity contribution in [2.45, 2.75) is 13.3 Å². The van der Waals surface area contributed by atoms with Crippen LogP contribution in [0.4, 0.5) is 14.6 Å². The van der Waals surface area contributed by atoms with Crippen LogP contribution >= 0.6 is 0 Å². The van der Waals surface area contributed by atoms with Crippen LogP contribution in [0.25, 0.3) is 5.69 Å². The maximum Gasteiger partial charge on any atom is 0.260 e. The third-order valence-electron chi connectivity index (χ3n) is 3.31. The van der Waals surface area contributed by atoms with E-state index >= 15 is 0 Å². The Hall–Kier alpha value is -2.96. The van der Waals surface area contributed by atoms with Crippen molar-refractivity contribution in [1.29, 1.82) is 0 Å². The van der Waals surface area contributed by atoms with Gasteiger partial charge >= 0.3 is 0 Å². The first-order chi connectivity index (χ1) is 11.1. The minimum atomic E-state index is -0.726. The van der Waals surface area contributed by atoms with Crippen LogP contribution in [0.15, 0.2) is 47.3 Å². The lowest BCUT2D eigenvalue weighted by atomic mass is 10.2. The molecule has 2 aromatic heterocycles. The van der Waals surface area contributed by atoms with Gasteiger partial charge in [0.2, 0.25) is 0 Å². The summed E-state index contributed by atoms with van der Waals surface area (Å²) in [6.07, 6.45) is 3.26.